The van der Waals surface area contributed by atoms with E-state index < -0.39 is 9.05 Å². The lowest BCUT2D eigenvalue weighted by atomic mass is 9.92. The summed E-state index contributed by atoms with van der Waals surface area (Å²) in [5, 5.41) is 2.90. The molecule has 0 spiro atoms. The number of benzene rings is 1. The Bertz CT molecular complexity index is 663. The lowest BCUT2D eigenvalue weighted by Gasteiger charge is -2.20. The van der Waals surface area contributed by atoms with Gasteiger partial charge in [-0.3, -0.25) is 4.79 Å². The van der Waals surface area contributed by atoms with Crippen LogP contribution in [0.3, 0.4) is 0 Å². The van der Waals surface area contributed by atoms with Crippen molar-refractivity contribution >= 4 is 25.6 Å². The van der Waals surface area contributed by atoms with Gasteiger partial charge in [0.05, 0.1) is 4.90 Å². The largest absolute Gasteiger partial charge is 0.351 e. The topological polar surface area (TPSA) is 63.2 Å². The molecule has 0 aliphatic heterocycles. The lowest BCUT2D eigenvalue weighted by molar-refractivity contribution is 0.0939. The first-order valence-corrected chi connectivity index (χ1v) is 9.30. The molecule has 0 atom stereocenters. The van der Waals surface area contributed by atoms with Gasteiger partial charge in [0.1, 0.15) is 0 Å². The summed E-state index contributed by atoms with van der Waals surface area (Å²) in [5.41, 5.74) is 1.06. The fourth-order valence-electron chi connectivity index (χ4n) is 2.48. The summed E-state index contributed by atoms with van der Waals surface area (Å²) in [7, 11) is 1.54. The van der Waals surface area contributed by atoms with E-state index in [4.69, 9.17) is 10.7 Å². The zero-order valence-electron chi connectivity index (χ0n) is 12.4. The standard InChI is InChI=1S/C15H20ClNO3S/c1-10(2)15(6-7-15)9-17-14(18)12-5-4-11(3)13(8-12)21(16,19)20/h4-5,8,10H,6-7,9H2,1-3H3,(H,17,18). The van der Waals surface area contributed by atoms with E-state index in [1.807, 2.05) is 0 Å². The van der Waals surface area contributed by atoms with Crippen LogP contribution in [0, 0.1) is 18.3 Å². The smallest absolute Gasteiger partial charge is 0.261 e. The normalized spacial score (nSPS) is 16.8. The minimum absolute atomic E-state index is 0.0122. The van der Waals surface area contributed by atoms with Crippen molar-refractivity contribution in [3.63, 3.8) is 0 Å². The van der Waals surface area contributed by atoms with Crippen LogP contribution >= 0.6 is 10.7 Å². The molecule has 0 radical (unpaired) electrons. The molecule has 6 heteroatoms. The molecule has 0 heterocycles. The van der Waals surface area contributed by atoms with E-state index >= 15 is 0 Å². The highest BCUT2D eigenvalue weighted by Crippen LogP contribution is 2.51. The quantitative estimate of drug-likeness (QED) is 0.844. The number of amides is 1. The number of carbonyl (C=O) groups is 1. The molecule has 2 rings (SSSR count). The molecule has 1 fully saturated rings. The van der Waals surface area contributed by atoms with Crippen molar-refractivity contribution in [2.75, 3.05) is 6.54 Å². The summed E-state index contributed by atoms with van der Waals surface area (Å²) in [6, 6.07) is 4.55. The Labute approximate surface area is 130 Å². The molecule has 0 saturated heterocycles. The Kier molecular flexibility index (Phi) is 4.36. The predicted octanol–water partition coefficient (Wildman–Crippen LogP) is 3.09. The minimum Gasteiger partial charge on any atom is -0.351 e. The van der Waals surface area contributed by atoms with Gasteiger partial charge in [-0.25, -0.2) is 8.42 Å². The third-order valence-electron chi connectivity index (χ3n) is 4.43. The summed E-state index contributed by atoms with van der Waals surface area (Å²) in [5.74, 6) is 0.262. The van der Waals surface area contributed by atoms with Crippen LogP contribution in [0.5, 0.6) is 0 Å². The van der Waals surface area contributed by atoms with E-state index in [0.29, 0.717) is 23.6 Å². The first kappa shape index (κ1) is 16.3. The molecular formula is C15H20ClNO3S. The Morgan fingerprint density at radius 2 is 2.00 bits per heavy atom. The van der Waals surface area contributed by atoms with Crippen molar-refractivity contribution in [2.24, 2.45) is 11.3 Å². The molecule has 21 heavy (non-hydrogen) atoms. The monoisotopic (exact) mass is 329 g/mol. The van der Waals surface area contributed by atoms with E-state index in [9.17, 15) is 13.2 Å². The molecule has 0 aromatic heterocycles. The van der Waals surface area contributed by atoms with Gasteiger partial charge in [-0.2, -0.15) is 0 Å². The van der Waals surface area contributed by atoms with Crippen molar-refractivity contribution < 1.29 is 13.2 Å². The third kappa shape index (κ3) is 3.58. The average molecular weight is 330 g/mol. The van der Waals surface area contributed by atoms with Crippen molar-refractivity contribution in [3.8, 4) is 0 Å². The van der Waals surface area contributed by atoms with Gasteiger partial charge in [0, 0.05) is 22.8 Å². The summed E-state index contributed by atoms with van der Waals surface area (Å²) >= 11 is 0. The number of hydrogen-bond acceptors (Lipinski definition) is 3. The lowest BCUT2D eigenvalue weighted by Crippen LogP contribution is -2.32. The third-order valence-corrected chi connectivity index (χ3v) is 5.89. The summed E-state index contributed by atoms with van der Waals surface area (Å²) < 4.78 is 23.0. The Hall–Kier alpha value is -1.07. The second kappa shape index (κ2) is 5.61. The van der Waals surface area contributed by atoms with Gasteiger partial charge in [0.15, 0.2) is 0 Å². The first-order chi connectivity index (χ1) is 9.66. The van der Waals surface area contributed by atoms with Crippen LogP contribution in [0.4, 0.5) is 0 Å². The molecule has 1 aliphatic carbocycles. The molecule has 1 aromatic rings. The van der Waals surface area contributed by atoms with E-state index in [2.05, 4.69) is 19.2 Å². The maximum absolute atomic E-state index is 12.2. The summed E-state index contributed by atoms with van der Waals surface area (Å²) in [6.07, 6.45) is 2.25. The number of aryl methyl sites for hydroxylation is 1. The highest BCUT2D eigenvalue weighted by atomic mass is 35.7. The fraction of sp³-hybridized carbons (Fsp3) is 0.533. The van der Waals surface area contributed by atoms with Crippen LogP contribution in [-0.4, -0.2) is 20.9 Å². The second-order valence-corrected chi connectivity index (χ2v) is 8.65. The maximum Gasteiger partial charge on any atom is 0.261 e. The van der Waals surface area contributed by atoms with Gasteiger partial charge in [0.2, 0.25) is 0 Å². The number of carbonyl (C=O) groups excluding carboxylic acids is 1. The fourth-order valence-corrected chi connectivity index (χ4v) is 3.70. The van der Waals surface area contributed by atoms with Gasteiger partial charge < -0.3 is 5.32 Å². The van der Waals surface area contributed by atoms with Crippen LogP contribution in [0.1, 0.15) is 42.6 Å². The van der Waals surface area contributed by atoms with Gasteiger partial charge in [0.25, 0.3) is 15.0 Å². The highest BCUT2D eigenvalue weighted by molar-refractivity contribution is 8.13. The Morgan fingerprint density at radius 1 is 1.38 bits per heavy atom. The molecule has 4 nitrogen and oxygen atoms in total. The molecule has 1 aromatic carbocycles. The molecule has 1 amide bonds. The van der Waals surface area contributed by atoms with Gasteiger partial charge >= 0.3 is 0 Å². The number of nitrogens with one attached hydrogen (secondary N) is 1. The zero-order chi connectivity index (χ0) is 15.8. The molecule has 0 unspecified atom stereocenters. The number of rotatable bonds is 5. The van der Waals surface area contributed by atoms with Crippen LogP contribution in [0.2, 0.25) is 0 Å². The average Bonchev–Trinajstić information content (AvgIpc) is 3.16. The Morgan fingerprint density at radius 3 is 2.48 bits per heavy atom. The van der Waals surface area contributed by atoms with Crippen LogP contribution in [-0.2, 0) is 9.05 Å². The molecule has 1 aliphatic rings. The van der Waals surface area contributed by atoms with Crippen LogP contribution in [0.25, 0.3) is 0 Å². The van der Waals surface area contributed by atoms with Crippen molar-refractivity contribution in [1.29, 1.82) is 0 Å². The molecule has 0 bridgehead atoms. The van der Waals surface area contributed by atoms with E-state index in [-0.39, 0.29) is 16.2 Å². The van der Waals surface area contributed by atoms with Gasteiger partial charge in [-0.05, 0) is 48.8 Å². The van der Waals surface area contributed by atoms with Crippen LogP contribution in [0.15, 0.2) is 23.1 Å². The molecular weight excluding hydrogens is 310 g/mol. The van der Waals surface area contributed by atoms with Crippen molar-refractivity contribution in [2.45, 2.75) is 38.5 Å². The van der Waals surface area contributed by atoms with Crippen molar-refractivity contribution in [3.05, 3.63) is 29.3 Å². The first-order valence-electron chi connectivity index (χ1n) is 6.99. The molecule has 1 saturated carbocycles. The predicted molar refractivity (Wildman–Crippen MR) is 83.1 cm³/mol. The summed E-state index contributed by atoms with van der Waals surface area (Å²) in [4.78, 5) is 12.2. The molecule has 1 N–H and O–H groups in total. The maximum atomic E-state index is 12.2. The molecule has 116 valence electrons. The van der Waals surface area contributed by atoms with Gasteiger partial charge in [-0.15, -0.1) is 0 Å². The zero-order valence-corrected chi connectivity index (χ0v) is 14.0. The number of hydrogen-bond donors (Lipinski definition) is 1. The summed E-state index contributed by atoms with van der Waals surface area (Å²) in [6.45, 7) is 6.58. The van der Waals surface area contributed by atoms with Crippen LogP contribution < -0.4 is 5.32 Å². The Balaban J connectivity index is 2.14. The number of halogens is 1. The minimum atomic E-state index is -3.84. The highest BCUT2D eigenvalue weighted by Gasteiger charge is 2.45. The SMILES string of the molecule is Cc1ccc(C(=O)NCC2(C(C)C)CC2)cc1S(=O)(=O)Cl. The van der Waals surface area contributed by atoms with E-state index in [1.54, 1.807) is 19.1 Å². The van der Waals surface area contributed by atoms with Crippen molar-refractivity contribution in [1.82, 2.24) is 5.32 Å². The van der Waals surface area contributed by atoms with Gasteiger partial charge in [-0.1, -0.05) is 19.9 Å². The van der Waals surface area contributed by atoms with E-state index in [0.717, 1.165) is 12.8 Å². The van der Waals surface area contributed by atoms with E-state index in [1.165, 1.54) is 6.07 Å². The second-order valence-electron chi connectivity index (χ2n) is 6.12.